The van der Waals surface area contributed by atoms with Gasteiger partial charge in [-0.15, -0.1) is 0 Å². The number of piperazine rings is 1. The molecule has 1 aliphatic rings. The minimum atomic E-state index is -4.74. The summed E-state index contributed by atoms with van der Waals surface area (Å²) in [5.74, 6) is -2.31. The van der Waals surface area contributed by atoms with E-state index in [1.807, 2.05) is 7.05 Å². The van der Waals surface area contributed by atoms with E-state index in [2.05, 4.69) is 9.80 Å². The molecule has 25 heavy (non-hydrogen) atoms. The Balaban J connectivity index is 2.26. The molecule has 1 fully saturated rings. The van der Waals surface area contributed by atoms with Crippen LogP contribution in [-0.4, -0.2) is 55.4 Å². The number of benzene rings is 1. The second kappa shape index (κ2) is 7.83. The molecule has 1 aromatic rings. The normalized spacial score (nSPS) is 18.6. The maximum absolute atomic E-state index is 13.9. The van der Waals surface area contributed by atoms with Gasteiger partial charge in [0.2, 0.25) is 0 Å². The lowest BCUT2D eigenvalue weighted by molar-refractivity contribution is -0.140. The summed E-state index contributed by atoms with van der Waals surface area (Å²) in [4.78, 5) is 16.9. The van der Waals surface area contributed by atoms with E-state index in [0.29, 0.717) is 12.1 Å². The van der Waals surface area contributed by atoms with Crippen LogP contribution < -0.4 is 0 Å². The quantitative estimate of drug-likeness (QED) is 0.752. The second-order valence-electron chi connectivity index (χ2n) is 6.95. The minimum absolute atomic E-state index is 0.0851. The second-order valence-corrected chi connectivity index (χ2v) is 6.95. The Kier molecular flexibility index (Phi) is 6.21. The highest BCUT2D eigenvalue weighted by Crippen LogP contribution is 2.33. The number of carbonyl (C=O) groups is 1. The van der Waals surface area contributed by atoms with Crippen LogP contribution in [0.4, 0.5) is 17.6 Å². The topological polar surface area (TPSA) is 23.6 Å². The van der Waals surface area contributed by atoms with Crippen molar-refractivity contribution in [1.82, 2.24) is 9.80 Å². The summed E-state index contributed by atoms with van der Waals surface area (Å²) in [5, 5.41) is 0. The number of hydrogen-bond donors (Lipinski definition) is 0. The summed E-state index contributed by atoms with van der Waals surface area (Å²) in [5.41, 5.74) is -0.991. The van der Waals surface area contributed by atoms with Gasteiger partial charge in [0.15, 0.2) is 0 Å². The molecular formula is C18H24F4N2O. The van der Waals surface area contributed by atoms with E-state index in [1.54, 1.807) is 13.8 Å². The highest BCUT2D eigenvalue weighted by Gasteiger charge is 2.35. The molecule has 1 saturated heterocycles. The zero-order chi connectivity index (χ0) is 18.8. The van der Waals surface area contributed by atoms with E-state index in [9.17, 15) is 22.4 Å². The molecule has 7 heteroatoms. The van der Waals surface area contributed by atoms with Crippen molar-refractivity contribution < 1.29 is 22.4 Å². The summed E-state index contributed by atoms with van der Waals surface area (Å²) in [6.45, 7) is 7.19. The number of rotatable bonds is 5. The molecule has 1 heterocycles. The molecule has 0 aliphatic carbocycles. The number of ketones is 1. The molecule has 0 N–H and O–H groups in total. The van der Waals surface area contributed by atoms with Crippen molar-refractivity contribution in [3.63, 3.8) is 0 Å². The molecule has 0 radical (unpaired) electrons. The Morgan fingerprint density at radius 2 is 1.76 bits per heavy atom. The average Bonchev–Trinajstić information content (AvgIpc) is 2.52. The zero-order valence-corrected chi connectivity index (χ0v) is 14.7. The van der Waals surface area contributed by atoms with Crippen molar-refractivity contribution in [2.45, 2.75) is 25.9 Å². The van der Waals surface area contributed by atoms with E-state index < -0.39 is 23.5 Å². The highest BCUT2D eigenvalue weighted by molar-refractivity contribution is 5.87. The predicted octanol–water partition coefficient (Wildman–Crippen LogP) is 3.40. The number of hydrogen-bond acceptors (Lipinski definition) is 3. The summed E-state index contributed by atoms with van der Waals surface area (Å²) in [6, 6.07) is 2.83. The van der Waals surface area contributed by atoms with Crippen molar-refractivity contribution in [1.29, 1.82) is 0 Å². The van der Waals surface area contributed by atoms with Crippen molar-refractivity contribution in [2.75, 3.05) is 39.8 Å². The van der Waals surface area contributed by atoms with Crippen molar-refractivity contribution in [3.05, 3.63) is 35.1 Å². The van der Waals surface area contributed by atoms with Gasteiger partial charge in [-0.25, -0.2) is 4.39 Å². The Bertz CT molecular complexity index is 608. The van der Waals surface area contributed by atoms with Crippen LogP contribution in [-0.2, 0) is 11.0 Å². The van der Waals surface area contributed by atoms with Crippen molar-refractivity contribution in [3.8, 4) is 0 Å². The minimum Gasteiger partial charge on any atom is -0.304 e. The molecule has 1 aromatic carbocycles. The maximum Gasteiger partial charge on any atom is 0.419 e. The monoisotopic (exact) mass is 360 g/mol. The first-order valence-corrected chi connectivity index (χ1v) is 8.41. The Hall–Kier alpha value is -1.47. The van der Waals surface area contributed by atoms with Crippen LogP contribution in [0.15, 0.2) is 18.2 Å². The molecular weight excluding hydrogens is 336 g/mol. The third-order valence-corrected chi connectivity index (χ3v) is 4.65. The molecule has 0 unspecified atom stereocenters. The maximum atomic E-state index is 13.9. The SMILES string of the molecule is CC(C)C(=O)[C@H](CN1CCN(C)CC1)c1ccc(C(F)(F)F)c(F)c1. The largest absolute Gasteiger partial charge is 0.419 e. The molecule has 1 aliphatic heterocycles. The van der Waals surface area contributed by atoms with Gasteiger partial charge in [0.25, 0.3) is 0 Å². The van der Waals surface area contributed by atoms with Crippen LogP contribution >= 0.6 is 0 Å². The predicted molar refractivity (Wildman–Crippen MR) is 87.9 cm³/mol. The van der Waals surface area contributed by atoms with Crippen LogP contribution in [0.25, 0.3) is 0 Å². The summed E-state index contributed by atoms with van der Waals surface area (Å²) < 4.78 is 52.2. The molecule has 2 rings (SSSR count). The zero-order valence-electron chi connectivity index (χ0n) is 14.7. The third-order valence-electron chi connectivity index (χ3n) is 4.65. The molecule has 0 spiro atoms. The van der Waals surface area contributed by atoms with E-state index in [-0.39, 0.29) is 11.7 Å². The Morgan fingerprint density at radius 1 is 1.16 bits per heavy atom. The van der Waals surface area contributed by atoms with E-state index >= 15 is 0 Å². The number of halogens is 4. The number of nitrogens with zero attached hydrogens (tertiary/aromatic N) is 2. The van der Waals surface area contributed by atoms with Crippen molar-refractivity contribution in [2.24, 2.45) is 5.92 Å². The summed E-state index contributed by atoms with van der Waals surface area (Å²) in [7, 11) is 2.01. The molecule has 140 valence electrons. The molecule has 1 atom stereocenters. The van der Waals surface area contributed by atoms with Crippen LogP contribution in [0, 0.1) is 11.7 Å². The van der Waals surface area contributed by atoms with Gasteiger partial charge < -0.3 is 4.90 Å². The van der Waals surface area contributed by atoms with Gasteiger partial charge in [-0.1, -0.05) is 19.9 Å². The van der Waals surface area contributed by atoms with Crippen molar-refractivity contribution >= 4 is 5.78 Å². The van der Waals surface area contributed by atoms with Crippen LogP contribution in [0.2, 0.25) is 0 Å². The first-order chi connectivity index (χ1) is 11.6. The number of Topliss-reactive ketones (excluding diaryl/α,β-unsaturated/α-hetero) is 1. The van der Waals surface area contributed by atoms with Crippen LogP contribution in [0.5, 0.6) is 0 Å². The van der Waals surface area contributed by atoms with Gasteiger partial charge in [0.1, 0.15) is 11.6 Å². The summed E-state index contributed by atoms with van der Waals surface area (Å²) in [6.07, 6.45) is -4.74. The van der Waals surface area contributed by atoms with E-state index in [0.717, 1.165) is 38.3 Å². The smallest absolute Gasteiger partial charge is 0.304 e. The Labute approximate surface area is 145 Å². The van der Waals surface area contributed by atoms with Gasteiger partial charge in [-0.2, -0.15) is 13.2 Å². The standard InChI is InChI=1S/C18H24F4N2O/c1-12(2)17(25)14(11-24-8-6-23(3)7-9-24)13-4-5-15(16(19)10-13)18(20,21)22/h4-5,10,12,14H,6-9,11H2,1-3H3/t14-/m1/s1. The van der Waals surface area contributed by atoms with Gasteiger partial charge in [0.05, 0.1) is 11.5 Å². The van der Waals surface area contributed by atoms with Gasteiger partial charge in [-0.05, 0) is 24.7 Å². The Morgan fingerprint density at radius 3 is 2.24 bits per heavy atom. The summed E-state index contributed by atoms with van der Waals surface area (Å²) >= 11 is 0. The van der Waals surface area contributed by atoms with E-state index in [4.69, 9.17) is 0 Å². The number of likely N-dealkylation sites (N-methyl/N-ethyl adjacent to an activating group) is 1. The fraction of sp³-hybridized carbons (Fsp3) is 0.611. The van der Waals surface area contributed by atoms with Crippen LogP contribution in [0.3, 0.4) is 0 Å². The molecule has 0 bridgehead atoms. The van der Waals surface area contributed by atoms with Gasteiger partial charge >= 0.3 is 6.18 Å². The first kappa shape index (κ1) is 19.8. The lowest BCUT2D eigenvalue weighted by Gasteiger charge is -2.34. The molecule has 0 saturated carbocycles. The van der Waals surface area contributed by atoms with E-state index in [1.165, 1.54) is 6.07 Å². The van der Waals surface area contributed by atoms with Gasteiger partial charge in [-0.3, -0.25) is 9.69 Å². The molecule has 3 nitrogen and oxygen atoms in total. The van der Waals surface area contributed by atoms with Crippen LogP contribution in [0.1, 0.15) is 30.9 Å². The lowest BCUT2D eigenvalue weighted by Crippen LogP contribution is -2.46. The first-order valence-electron chi connectivity index (χ1n) is 8.41. The molecule has 0 amide bonds. The highest BCUT2D eigenvalue weighted by atomic mass is 19.4. The third kappa shape index (κ3) is 5.01. The average molecular weight is 360 g/mol. The van der Waals surface area contributed by atoms with Gasteiger partial charge in [0, 0.05) is 38.6 Å². The molecule has 0 aromatic heterocycles. The number of alkyl halides is 3. The lowest BCUT2D eigenvalue weighted by atomic mass is 9.87. The fourth-order valence-corrected chi connectivity index (χ4v) is 3.03. The number of carbonyl (C=O) groups excluding carboxylic acids is 1. The fourth-order valence-electron chi connectivity index (χ4n) is 3.03.